The van der Waals surface area contributed by atoms with Crippen LogP contribution >= 0.6 is 0 Å². The standard InChI is InChI=1S/C24H30N2O6S/c1-17(27)18-8-11-23(31-4)19(14-18)16-32-24(28)21-15-20(33(29,30)25(2)3)9-10-22(21)26-12-6-5-7-13-26/h8-11,14-15H,5-7,12-13,16H2,1-4H3. The highest BCUT2D eigenvalue weighted by Gasteiger charge is 2.25. The van der Waals surface area contributed by atoms with Gasteiger partial charge in [0.05, 0.1) is 23.3 Å². The minimum absolute atomic E-state index is 0.0244. The van der Waals surface area contributed by atoms with Crippen LogP contribution in [0.2, 0.25) is 0 Å². The summed E-state index contributed by atoms with van der Waals surface area (Å²) >= 11 is 0. The number of hydrogen-bond acceptors (Lipinski definition) is 7. The van der Waals surface area contributed by atoms with E-state index in [9.17, 15) is 18.0 Å². The van der Waals surface area contributed by atoms with Crippen LogP contribution in [0.1, 0.15) is 52.5 Å². The number of ether oxygens (including phenoxy) is 2. The molecule has 0 bridgehead atoms. The molecule has 2 aromatic rings. The maximum Gasteiger partial charge on any atom is 0.340 e. The predicted octanol–water partition coefficient (Wildman–Crippen LogP) is 3.50. The van der Waals surface area contributed by atoms with E-state index in [1.807, 2.05) is 0 Å². The van der Waals surface area contributed by atoms with E-state index >= 15 is 0 Å². The van der Waals surface area contributed by atoms with Gasteiger partial charge < -0.3 is 14.4 Å². The molecule has 0 aromatic heterocycles. The fraction of sp³-hybridized carbons (Fsp3) is 0.417. The zero-order chi connectivity index (χ0) is 24.2. The van der Waals surface area contributed by atoms with Crippen molar-refractivity contribution in [3.63, 3.8) is 0 Å². The van der Waals surface area contributed by atoms with Crippen LogP contribution in [0, 0.1) is 0 Å². The molecule has 0 amide bonds. The molecular formula is C24H30N2O6S. The van der Waals surface area contributed by atoms with Crippen molar-refractivity contribution in [2.45, 2.75) is 37.7 Å². The number of esters is 1. The van der Waals surface area contributed by atoms with E-state index in [1.165, 1.54) is 40.3 Å². The van der Waals surface area contributed by atoms with Crippen molar-refractivity contribution in [1.29, 1.82) is 0 Å². The van der Waals surface area contributed by atoms with Crippen molar-refractivity contribution in [3.8, 4) is 5.75 Å². The molecule has 1 fully saturated rings. The molecule has 0 N–H and O–H groups in total. The van der Waals surface area contributed by atoms with Crippen LogP contribution in [0.5, 0.6) is 5.75 Å². The number of carbonyl (C=O) groups excluding carboxylic acids is 2. The Balaban J connectivity index is 1.95. The first kappa shape index (κ1) is 24.7. The molecule has 3 rings (SSSR count). The molecule has 2 aromatic carbocycles. The maximum absolute atomic E-state index is 13.2. The van der Waals surface area contributed by atoms with Gasteiger partial charge in [-0.2, -0.15) is 0 Å². The van der Waals surface area contributed by atoms with Crippen LogP contribution in [0.3, 0.4) is 0 Å². The van der Waals surface area contributed by atoms with Gasteiger partial charge in [-0.05, 0) is 62.6 Å². The molecule has 1 aliphatic heterocycles. The highest BCUT2D eigenvalue weighted by molar-refractivity contribution is 7.89. The number of Topliss-reactive ketones (excluding diaryl/α,β-unsaturated/α-hetero) is 1. The van der Waals surface area contributed by atoms with Gasteiger partial charge in [0.15, 0.2) is 5.78 Å². The highest BCUT2D eigenvalue weighted by atomic mass is 32.2. The van der Waals surface area contributed by atoms with Gasteiger partial charge in [-0.25, -0.2) is 17.5 Å². The molecule has 0 spiro atoms. The second-order valence-corrected chi connectivity index (χ2v) is 10.3. The zero-order valence-electron chi connectivity index (χ0n) is 19.5. The summed E-state index contributed by atoms with van der Waals surface area (Å²) in [5, 5.41) is 0. The summed E-state index contributed by atoms with van der Waals surface area (Å²) in [4.78, 5) is 27.0. The molecule has 0 unspecified atom stereocenters. The molecule has 9 heteroatoms. The second-order valence-electron chi connectivity index (χ2n) is 8.17. The molecule has 1 heterocycles. The quantitative estimate of drug-likeness (QED) is 0.427. The average Bonchev–Trinajstić information content (AvgIpc) is 2.82. The second kappa shape index (κ2) is 10.4. The van der Waals surface area contributed by atoms with E-state index in [1.54, 1.807) is 24.3 Å². The van der Waals surface area contributed by atoms with E-state index < -0.39 is 16.0 Å². The number of nitrogens with zero attached hydrogens (tertiary/aromatic N) is 2. The Hall–Kier alpha value is -2.91. The van der Waals surface area contributed by atoms with Crippen LogP contribution in [-0.2, 0) is 21.4 Å². The van der Waals surface area contributed by atoms with Crippen molar-refractivity contribution >= 4 is 27.5 Å². The van der Waals surface area contributed by atoms with Gasteiger partial charge in [-0.15, -0.1) is 0 Å². The summed E-state index contributed by atoms with van der Waals surface area (Å²) in [6.45, 7) is 2.91. The first-order valence-electron chi connectivity index (χ1n) is 10.8. The van der Waals surface area contributed by atoms with Gasteiger partial charge in [0, 0.05) is 38.3 Å². The number of piperidine rings is 1. The van der Waals surface area contributed by atoms with Gasteiger partial charge >= 0.3 is 5.97 Å². The number of ketones is 1. The van der Waals surface area contributed by atoms with Gasteiger partial charge in [-0.3, -0.25) is 4.79 Å². The monoisotopic (exact) mass is 474 g/mol. The van der Waals surface area contributed by atoms with Crippen molar-refractivity contribution in [2.75, 3.05) is 39.2 Å². The normalized spacial score (nSPS) is 14.3. The number of benzene rings is 2. The Labute approximate surface area is 195 Å². The largest absolute Gasteiger partial charge is 0.496 e. The molecule has 1 saturated heterocycles. The number of anilines is 1. The molecule has 0 radical (unpaired) electrons. The van der Waals surface area contributed by atoms with E-state index in [2.05, 4.69) is 4.90 Å². The third-order valence-corrected chi connectivity index (χ3v) is 7.52. The summed E-state index contributed by atoms with van der Waals surface area (Å²) in [6, 6.07) is 9.52. The van der Waals surface area contributed by atoms with Crippen LogP contribution in [0.4, 0.5) is 5.69 Å². The molecule has 1 aliphatic rings. The van der Waals surface area contributed by atoms with Crippen LogP contribution < -0.4 is 9.64 Å². The average molecular weight is 475 g/mol. The summed E-state index contributed by atoms with van der Waals surface area (Å²) < 4.78 is 37.4. The summed E-state index contributed by atoms with van der Waals surface area (Å²) in [7, 11) is 0.664. The summed E-state index contributed by atoms with van der Waals surface area (Å²) in [5.41, 5.74) is 1.88. The van der Waals surface area contributed by atoms with E-state index in [-0.39, 0.29) is 22.8 Å². The van der Waals surface area contributed by atoms with Crippen LogP contribution in [0.25, 0.3) is 0 Å². The lowest BCUT2D eigenvalue weighted by Crippen LogP contribution is -2.31. The number of methoxy groups -OCH3 is 1. The van der Waals surface area contributed by atoms with Crippen molar-refractivity contribution in [2.24, 2.45) is 0 Å². The molecule has 178 valence electrons. The van der Waals surface area contributed by atoms with E-state index in [0.29, 0.717) is 22.6 Å². The van der Waals surface area contributed by atoms with Gasteiger partial charge in [-0.1, -0.05) is 0 Å². The van der Waals surface area contributed by atoms with Crippen molar-refractivity contribution < 1.29 is 27.5 Å². The van der Waals surface area contributed by atoms with Crippen molar-refractivity contribution in [3.05, 3.63) is 53.1 Å². The van der Waals surface area contributed by atoms with E-state index in [4.69, 9.17) is 9.47 Å². The van der Waals surface area contributed by atoms with Gasteiger partial charge in [0.1, 0.15) is 12.4 Å². The summed E-state index contributed by atoms with van der Waals surface area (Å²) in [6.07, 6.45) is 3.12. The predicted molar refractivity (Wildman–Crippen MR) is 125 cm³/mol. The number of hydrogen-bond donors (Lipinski definition) is 0. The smallest absolute Gasteiger partial charge is 0.340 e. The number of rotatable bonds is 8. The fourth-order valence-electron chi connectivity index (χ4n) is 3.79. The van der Waals surface area contributed by atoms with Crippen molar-refractivity contribution in [1.82, 2.24) is 4.31 Å². The minimum atomic E-state index is -3.72. The van der Waals surface area contributed by atoms with Gasteiger partial charge in [0.2, 0.25) is 10.0 Å². The highest BCUT2D eigenvalue weighted by Crippen LogP contribution is 2.29. The minimum Gasteiger partial charge on any atom is -0.496 e. The topological polar surface area (TPSA) is 93.2 Å². The number of carbonyl (C=O) groups is 2. The lowest BCUT2D eigenvalue weighted by Gasteiger charge is -2.30. The zero-order valence-corrected chi connectivity index (χ0v) is 20.3. The van der Waals surface area contributed by atoms with Crippen LogP contribution in [-0.4, -0.2) is 58.8 Å². The van der Waals surface area contributed by atoms with E-state index in [0.717, 1.165) is 36.7 Å². The Morgan fingerprint density at radius 3 is 2.33 bits per heavy atom. The first-order valence-corrected chi connectivity index (χ1v) is 12.3. The molecular weight excluding hydrogens is 444 g/mol. The van der Waals surface area contributed by atoms with Gasteiger partial charge in [0.25, 0.3) is 0 Å². The third kappa shape index (κ3) is 5.54. The Bertz CT molecular complexity index is 1140. The fourth-order valence-corrected chi connectivity index (χ4v) is 4.72. The maximum atomic E-state index is 13.2. The molecule has 33 heavy (non-hydrogen) atoms. The molecule has 0 saturated carbocycles. The SMILES string of the molecule is COc1ccc(C(C)=O)cc1COC(=O)c1cc(S(=O)(=O)N(C)C)ccc1N1CCCCC1. The van der Waals surface area contributed by atoms with Crippen LogP contribution in [0.15, 0.2) is 41.3 Å². The lowest BCUT2D eigenvalue weighted by molar-refractivity contribution is 0.0470. The Morgan fingerprint density at radius 1 is 1.03 bits per heavy atom. The third-order valence-electron chi connectivity index (χ3n) is 5.71. The Kier molecular flexibility index (Phi) is 7.76. The molecule has 0 aliphatic carbocycles. The summed E-state index contributed by atoms with van der Waals surface area (Å²) in [5.74, 6) is -0.256. The first-order chi connectivity index (χ1) is 15.6. The molecule has 0 atom stereocenters. The molecule has 8 nitrogen and oxygen atoms in total. The Morgan fingerprint density at radius 2 is 1.73 bits per heavy atom. The number of sulfonamides is 1. The lowest BCUT2D eigenvalue weighted by atomic mass is 10.1.